The molecule has 6 nitrogen and oxygen atoms in total. The van der Waals surface area contributed by atoms with Crippen molar-refractivity contribution in [3.63, 3.8) is 0 Å². The fourth-order valence-corrected chi connectivity index (χ4v) is 5.57. The maximum atomic E-state index is 13.2. The molecule has 1 aliphatic heterocycles. The fraction of sp³-hybridized carbons (Fsp3) is 0.920. The largest absolute Gasteiger partial charge is 0.444 e. The zero-order valence-corrected chi connectivity index (χ0v) is 22.2. The van der Waals surface area contributed by atoms with Crippen LogP contribution in [0.3, 0.4) is 0 Å². The second-order valence-electron chi connectivity index (χ2n) is 11.3. The molecule has 1 N–H and O–H groups in total. The van der Waals surface area contributed by atoms with Gasteiger partial charge in [-0.2, -0.15) is 11.8 Å². The van der Waals surface area contributed by atoms with E-state index in [0.717, 1.165) is 18.6 Å². The lowest BCUT2D eigenvalue weighted by Crippen LogP contribution is -2.50. The zero-order chi connectivity index (χ0) is 23.9. The SMILES string of the molecule is CC(C)CNC(=O)CSCCC1OC(C)(C)N(C(=O)OC(C)(C)C)C1CC1CCCCC1. The average Bonchev–Trinajstić information content (AvgIpc) is 2.92. The second kappa shape index (κ2) is 12.0. The number of hydrogen-bond donors (Lipinski definition) is 1. The number of nitrogens with one attached hydrogen (secondary N) is 1. The van der Waals surface area contributed by atoms with Crippen molar-refractivity contribution in [1.82, 2.24) is 10.2 Å². The van der Waals surface area contributed by atoms with Crippen LogP contribution >= 0.6 is 11.8 Å². The van der Waals surface area contributed by atoms with Crippen LogP contribution in [-0.4, -0.2) is 58.4 Å². The van der Waals surface area contributed by atoms with E-state index in [0.29, 0.717) is 24.1 Å². The van der Waals surface area contributed by atoms with Crippen molar-refractivity contribution in [2.24, 2.45) is 11.8 Å². The first-order valence-electron chi connectivity index (χ1n) is 12.4. The number of thioether (sulfide) groups is 1. The summed E-state index contributed by atoms with van der Waals surface area (Å²) in [6.45, 7) is 14.6. The molecule has 7 heteroatoms. The Labute approximate surface area is 199 Å². The van der Waals surface area contributed by atoms with Crippen molar-refractivity contribution in [1.29, 1.82) is 0 Å². The molecule has 1 heterocycles. The Morgan fingerprint density at radius 3 is 2.44 bits per heavy atom. The molecule has 0 aromatic carbocycles. The molecular weight excluding hydrogens is 424 g/mol. The van der Waals surface area contributed by atoms with Gasteiger partial charge in [-0.3, -0.25) is 9.69 Å². The quantitative estimate of drug-likeness (QED) is 0.445. The van der Waals surface area contributed by atoms with Gasteiger partial charge in [0.2, 0.25) is 5.91 Å². The number of carbonyl (C=O) groups excluding carboxylic acids is 2. The topological polar surface area (TPSA) is 67.9 Å². The Balaban J connectivity index is 2.01. The van der Waals surface area contributed by atoms with Crippen molar-refractivity contribution in [2.75, 3.05) is 18.1 Å². The minimum Gasteiger partial charge on any atom is -0.444 e. The highest BCUT2D eigenvalue weighted by Gasteiger charge is 2.51. The van der Waals surface area contributed by atoms with E-state index in [1.54, 1.807) is 11.8 Å². The molecule has 1 saturated carbocycles. The molecule has 186 valence electrons. The van der Waals surface area contributed by atoms with E-state index in [9.17, 15) is 9.59 Å². The average molecular weight is 471 g/mol. The van der Waals surface area contributed by atoms with E-state index >= 15 is 0 Å². The maximum absolute atomic E-state index is 13.2. The Morgan fingerprint density at radius 1 is 1.19 bits per heavy atom. The summed E-state index contributed by atoms with van der Waals surface area (Å²) in [5.74, 6) is 2.47. The number of ether oxygens (including phenoxy) is 2. The van der Waals surface area contributed by atoms with Gasteiger partial charge in [-0.1, -0.05) is 46.0 Å². The third-order valence-electron chi connectivity index (χ3n) is 6.16. The molecule has 2 amide bonds. The summed E-state index contributed by atoms with van der Waals surface area (Å²) < 4.78 is 12.2. The molecule has 0 aromatic heterocycles. The first-order valence-corrected chi connectivity index (χ1v) is 13.6. The Morgan fingerprint density at radius 2 is 1.84 bits per heavy atom. The Bertz CT molecular complexity index is 612. The van der Waals surface area contributed by atoms with Crippen LogP contribution < -0.4 is 5.32 Å². The van der Waals surface area contributed by atoms with Gasteiger partial charge in [-0.05, 0) is 65.0 Å². The van der Waals surface area contributed by atoms with Crippen molar-refractivity contribution < 1.29 is 19.1 Å². The highest BCUT2D eigenvalue weighted by molar-refractivity contribution is 7.99. The van der Waals surface area contributed by atoms with E-state index < -0.39 is 11.3 Å². The predicted molar refractivity (Wildman–Crippen MR) is 132 cm³/mol. The fourth-order valence-electron chi connectivity index (χ4n) is 4.74. The molecule has 1 aliphatic carbocycles. The zero-order valence-electron chi connectivity index (χ0n) is 21.4. The highest BCUT2D eigenvalue weighted by atomic mass is 32.2. The van der Waals surface area contributed by atoms with E-state index in [1.807, 2.05) is 39.5 Å². The van der Waals surface area contributed by atoms with Crippen LogP contribution in [0, 0.1) is 11.8 Å². The summed E-state index contributed by atoms with van der Waals surface area (Å²) in [4.78, 5) is 27.1. The van der Waals surface area contributed by atoms with Crippen LogP contribution in [0.5, 0.6) is 0 Å². The van der Waals surface area contributed by atoms with Gasteiger partial charge in [0.15, 0.2) is 0 Å². The number of rotatable bonds is 9. The van der Waals surface area contributed by atoms with Gasteiger partial charge in [0.1, 0.15) is 11.3 Å². The third-order valence-corrected chi connectivity index (χ3v) is 7.15. The molecule has 2 rings (SSSR count). The molecule has 0 radical (unpaired) electrons. The summed E-state index contributed by atoms with van der Waals surface area (Å²) in [6, 6.07) is 0.0123. The highest BCUT2D eigenvalue weighted by Crippen LogP contribution is 2.40. The van der Waals surface area contributed by atoms with Crippen LogP contribution in [0.25, 0.3) is 0 Å². The predicted octanol–water partition coefficient (Wildman–Crippen LogP) is 5.59. The number of carbonyl (C=O) groups is 2. The molecule has 0 bridgehead atoms. The summed E-state index contributed by atoms with van der Waals surface area (Å²) in [5.41, 5.74) is -1.24. The van der Waals surface area contributed by atoms with E-state index in [4.69, 9.17) is 9.47 Å². The smallest absolute Gasteiger partial charge is 0.412 e. The van der Waals surface area contributed by atoms with Gasteiger partial charge in [0.05, 0.1) is 17.9 Å². The van der Waals surface area contributed by atoms with Crippen molar-refractivity contribution >= 4 is 23.8 Å². The van der Waals surface area contributed by atoms with Gasteiger partial charge < -0.3 is 14.8 Å². The first-order chi connectivity index (χ1) is 14.9. The van der Waals surface area contributed by atoms with E-state index in [1.165, 1.54) is 32.1 Å². The standard InChI is InChI=1S/C25H46N2O4S/c1-18(2)16-26-22(28)17-32-14-13-21-20(15-19-11-9-8-10-12-19)27(25(6,7)30-21)23(29)31-24(3,4)5/h18-21H,8-17H2,1-7H3,(H,26,28). The van der Waals surface area contributed by atoms with Crippen LogP contribution in [0.15, 0.2) is 0 Å². The monoisotopic (exact) mass is 470 g/mol. The summed E-state index contributed by atoms with van der Waals surface area (Å²) in [6.07, 6.45) is 7.80. The van der Waals surface area contributed by atoms with Gasteiger partial charge >= 0.3 is 6.09 Å². The molecule has 2 unspecified atom stereocenters. The molecule has 2 aliphatic rings. The molecule has 0 spiro atoms. The molecule has 2 fully saturated rings. The lowest BCUT2D eigenvalue weighted by molar-refractivity contribution is -0.118. The molecule has 32 heavy (non-hydrogen) atoms. The Kier molecular flexibility index (Phi) is 10.2. The second-order valence-corrected chi connectivity index (χ2v) is 12.4. The maximum Gasteiger partial charge on any atom is 0.412 e. The summed E-state index contributed by atoms with van der Waals surface area (Å²) in [5, 5.41) is 2.97. The lowest BCUT2D eigenvalue weighted by Gasteiger charge is -2.37. The third kappa shape index (κ3) is 8.77. The van der Waals surface area contributed by atoms with Gasteiger partial charge in [-0.15, -0.1) is 0 Å². The van der Waals surface area contributed by atoms with Crippen LogP contribution in [0.2, 0.25) is 0 Å². The molecule has 0 aromatic rings. The normalized spacial score (nSPS) is 24.1. The molecule has 2 atom stereocenters. The van der Waals surface area contributed by atoms with E-state index in [-0.39, 0.29) is 24.1 Å². The van der Waals surface area contributed by atoms with Crippen molar-refractivity contribution in [3.05, 3.63) is 0 Å². The minimum atomic E-state index is -0.703. The van der Waals surface area contributed by atoms with Gasteiger partial charge in [-0.25, -0.2) is 4.79 Å². The summed E-state index contributed by atoms with van der Waals surface area (Å²) >= 11 is 1.64. The molecule has 1 saturated heterocycles. The van der Waals surface area contributed by atoms with Crippen molar-refractivity contribution in [3.8, 4) is 0 Å². The lowest BCUT2D eigenvalue weighted by atomic mass is 9.83. The van der Waals surface area contributed by atoms with Gasteiger partial charge in [0.25, 0.3) is 0 Å². The Hall–Kier alpha value is -0.950. The van der Waals surface area contributed by atoms with E-state index in [2.05, 4.69) is 19.2 Å². The number of hydrogen-bond acceptors (Lipinski definition) is 5. The minimum absolute atomic E-state index is 0.0123. The van der Waals surface area contributed by atoms with Gasteiger partial charge in [0, 0.05) is 6.54 Å². The van der Waals surface area contributed by atoms with Crippen LogP contribution in [0.1, 0.15) is 93.4 Å². The van der Waals surface area contributed by atoms with Crippen LogP contribution in [-0.2, 0) is 14.3 Å². The number of amides is 2. The van der Waals surface area contributed by atoms with Crippen molar-refractivity contribution in [2.45, 2.75) is 117 Å². The van der Waals surface area contributed by atoms with Crippen LogP contribution in [0.4, 0.5) is 4.79 Å². The summed E-state index contributed by atoms with van der Waals surface area (Å²) in [7, 11) is 0. The first kappa shape index (κ1) is 27.3. The molecular formula is C25H46N2O4S. The number of nitrogens with zero attached hydrogens (tertiary/aromatic N) is 1.